The Kier molecular flexibility index (Phi) is 2.21. The van der Waals surface area contributed by atoms with Gasteiger partial charge in [0.25, 0.3) is 0 Å². The molecular formula is C14H18N2O2. The fourth-order valence-corrected chi connectivity index (χ4v) is 3.24. The molecule has 0 aromatic heterocycles. The van der Waals surface area contributed by atoms with Crippen molar-refractivity contribution in [1.82, 2.24) is 5.32 Å². The van der Waals surface area contributed by atoms with E-state index in [1.54, 1.807) is 0 Å². The topological polar surface area (TPSA) is 33.7 Å². The lowest BCUT2D eigenvalue weighted by Gasteiger charge is -2.49. The van der Waals surface area contributed by atoms with Crippen LogP contribution in [0.2, 0.25) is 0 Å². The van der Waals surface area contributed by atoms with Crippen molar-refractivity contribution in [1.29, 1.82) is 0 Å². The highest BCUT2D eigenvalue weighted by Gasteiger charge is 2.44. The van der Waals surface area contributed by atoms with Gasteiger partial charge in [-0.15, -0.1) is 0 Å². The maximum atomic E-state index is 5.64. The van der Waals surface area contributed by atoms with Crippen molar-refractivity contribution in [2.45, 2.75) is 6.42 Å². The monoisotopic (exact) mass is 246 g/mol. The van der Waals surface area contributed by atoms with Crippen LogP contribution in [0.3, 0.4) is 0 Å². The van der Waals surface area contributed by atoms with Crippen LogP contribution >= 0.6 is 0 Å². The molecule has 4 heteroatoms. The maximum Gasteiger partial charge on any atom is 0.163 e. The zero-order valence-electron chi connectivity index (χ0n) is 10.4. The first-order valence-corrected chi connectivity index (χ1v) is 6.70. The van der Waals surface area contributed by atoms with Gasteiger partial charge in [-0.3, -0.25) is 0 Å². The zero-order chi connectivity index (χ0) is 12.0. The van der Waals surface area contributed by atoms with E-state index in [4.69, 9.17) is 9.47 Å². The quantitative estimate of drug-likeness (QED) is 0.809. The molecule has 4 rings (SSSR count). The Morgan fingerprint density at radius 2 is 1.94 bits per heavy atom. The predicted molar refractivity (Wildman–Crippen MR) is 69.6 cm³/mol. The van der Waals surface area contributed by atoms with Crippen LogP contribution in [0.15, 0.2) is 18.2 Å². The summed E-state index contributed by atoms with van der Waals surface area (Å²) in [5.41, 5.74) is 1.80. The molecule has 3 aliphatic rings. The smallest absolute Gasteiger partial charge is 0.163 e. The lowest BCUT2D eigenvalue weighted by Crippen LogP contribution is -2.57. The molecule has 0 aliphatic carbocycles. The Labute approximate surface area is 107 Å². The van der Waals surface area contributed by atoms with Gasteiger partial charge in [-0.05, 0) is 25.1 Å². The molecule has 96 valence electrons. The summed E-state index contributed by atoms with van der Waals surface area (Å²) >= 11 is 0. The molecule has 0 amide bonds. The summed E-state index contributed by atoms with van der Waals surface area (Å²) in [7, 11) is 0. The van der Waals surface area contributed by atoms with Gasteiger partial charge in [-0.2, -0.15) is 0 Å². The molecule has 4 nitrogen and oxygen atoms in total. The summed E-state index contributed by atoms with van der Waals surface area (Å²) in [4.78, 5) is 2.44. The lowest BCUT2D eigenvalue weighted by molar-refractivity contribution is 0.171. The number of anilines is 1. The van der Waals surface area contributed by atoms with Crippen molar-refractivity contribution in [2.75, 3.05) is 44.3 Å². The van der Waals surface area contributed by atoms with Crippen molar-refractivity contribution >= 4 is 5.69 Å². The standard InChI is InChI=1S/C14H18N2O2/c1-2-12-13(18-6-5-17-12)7-11(1)16-9-14(10-16)3-4-15-8-14/h1-2,7,15H,3-6,8-10H2. The minimum absolute atomic E-state index is 0.535. The normalized spacial score (nSPS) is 24.1. The fraction of sp³-hybridized carbons (Fsp3) is 0.571. The third-order valence-electron chi connectivity index (χ3n) is 4.28. The second-order valence-corrected chi connectivity index (χ2v) is 5.61. The number of nitrogens with zero attached hydrogens (tertiary/aromatic N) is 1. The van der Waals surface area contributed by atoms with E-state index in [1.165, 1.54) is 38.3 Å². The van der Waals surface area contributed by atoms with Crippen LogP contribution in [0.5, 0.6) is 11.5 Å². The summed E-state index contributed by atoms with van der Waals surface area (Å²) in [5, 5.41) is 3.47. The van der Waals surface area contributed by atoms with Crippen LogP contribution in [-0.2, 0) is 0 Å². The summed E-state index contributed by atoms with van der Waals surface area (Å²) in [5.74, 6) is 1.77. The molecule has 2 fully saturated rings. The number of rotatable bonds is 1. The number of hydrogen-bond donors (Lipinski definition) is 1. The van der Waals surface area contributed by atoms with E-state index in [0.29, 0.717) is 18.6 Å². The third kappa shape index (κ3) is 1.56. The van der Waals surface area contributed by atoms with Gasteiger partial charge in [0.1, 0.15) is 13.2 Å². The van der Waals surface area contributed by atoms with E-state index in [0.717, 1.165) is 11.5 Å². The second-order valence-electron chi connectivity index (χ2n) is 5.61. The zero-order valence-corrected chi connectivity index (χ0v) is 10.4. The first-order chi connectivity index (χ1) is 8.85. The summed E-state index contributed by atoms with van der Waals surface area (Å²) in [6.07, 6.45) is 1.31. The highest BCUT2D eigenvalue weighted by Crippen LogP contribution is 2.41. The largest absolute Gasteiger partial charge is 0.486 e. The van der Waals surface area contributed by atoms with Crippen molar-refractivity contribution in [3.05, 3.63) is 18.2 Å². The van der Waals surface area contributed by atoms with Gasteiger partial charge in [-0.1, -0.05) is 0 Å². The molecule has 3 heterocycles. The Morgan fingerprint density at radius 3 is 2.72 bits per heavy atom. The van der Waals surface area contributed by atoms with Crippen molar-refractivity contribution in [2.24, 2.45) is 5.41 Å². The average Bonchev–Trinajstić information content (AvgIpc) is 2.86. The van der Waals surface area contributed by atoms with Crippen LogP contribution in [0.1, 0.15) is 6.42 Å². The predicted octanol–water partition coefficient (Wildman–Crippen LogP) is 1.26. The van der Waals surface area contributed by atoms with Gasteiger partial charge < -0.3 is 19.7 Å². The number of nitrogens with one attached hydrogen (secondary N) is 1. The molecule has 0 atom stereocenters. The third-order valence-corrected chi connectivity index (χ3v) is 4.28. The molecule has 3 aliphatic heterocycles. The number of benzene rings is 1. The summed E-state index contributed by atoms with van der Waals surface area (Å²) < 4.78 is 11.2. The van der Waals surface area contributed by atoms with E-state index in [2.05, 4.69) is 22.3 Å². The second kappa shape index (κ2) is 3.79. The van der Waals surface area contributed by atoms with Gasteiger partial charge in [-0.25, -0.2) is 0 Å². The number of hydrogen-bond acceptors (Lipinski definition) is 4. The van der Waals surface area contributed by atoms with E-state index < -0.39 is 0 Å². The van der Waals surface area contributed by atoms with E-state index in [1.807, 2.05) is 6.07 Å². The van der Waals surface area contributed by atoms with Gasteiger partial charge in [0.15, 0.2) is 11.5 Å². The number of fused-ring (bicyclic) bond motifs is 1. The minimum atomic E-state index is 0.535. The van der Waals surface area contributed by atoms with Gasteiger partial charge in [0, 0.05) is 36.8 Å². The molecule has 0 radical (unpaired) electrons. The van der Waals surface area contributed by atoms with Crippen LogP contribution in [-0.4, -0.2) is 39.4 Å². The highest BCUT2D eigenvalue weighted by molar-refractivity contribution is 5.58. The molecule has 0 bridgehead atoms. The first kappa shape index (κ1) is 10.5. The van der Waals surface area contributed by atoms with Crippen LogP contribution < -0.4 is 19.7 Å². The van der Waals surface area contributed by atoms with Gasteiger partial charge >= 0.3 is 0 Å². The molecule has 18 heavy (non-hydrogen) atoms. The van der Waals surface area contributed by atoms with Gasteiger partial charge in [0.2, 0.25) is 0 Å². The fourth-order valence-electron chi connectivity index (χ4n) is 3.24. The Hall–Kier alpha value is -1.42. The van der Waals surface area contributed by atoms with Gasteiger partial charge in [0.05, 0.1) is 0 Å². The molecule has 0 saturated carbocycles. The van der Waals surface area contributed by atoms with E-state index in [-0.39, 0.29) is 0 Å². The van der Waals surface area contributed by atoms with Crippen molar-refractivity contribution in [3.63, 3.8) is 0 Å². The SMILES string of the molecule is c1cc2c(cc1N1CC3(CCNC3)C1)OCCO2. The average molecular weight is 246 g/mol. The van der Waals surface area contributed by atoms with Crippen molar-refractivity contribution in [3.8, 4) is 11.5 Å². The molecule has 1 N–H and O–H groups in total. The molecule has 1 aromatic carbocycles. The van der Waals surface area contributed by atoms with Crippen molar-refractivity contribution < 1.29 is 9.47 Å². The lowest BCUT2D eigenvalue weighted by atomic mass is 9.79. The summed E-state index contributed by atoms with van der Waals surface area (Å²) in [6, 6.07) is 6.29. The Morgan fingerprint density at radius 1 is 1.11 bits per heavy atom. The number of ether oxygens (including phenoxy) is 2. The van der Waals surface area contributed by atoms with Crippen LogP contribution in [0, 0.1) is 5.41 Å². The van der Waals surface area contributed by atoms with Crippen LogP contribution in [0.4, 0.5) is 5.69 Å². The molecule has 2 saturated heterocycles. The Balaban J connectivity index is 1.52. The molecule has 1 aromatic rings. The van der Waals surface area contributed by atoms with E-state index >= 15 is 0 Å². The highest BCUT2D eigenvalue weighted by atomic mass is 16.6. The Bertz CT molecular complexity index is 461. The first-order valence-electron chi connectivity index (χ1n) is 6.70. The maximum absolute atomic E-state index is 5.64. The van der Waals surface area contributed by atoms with E-state index in [9.17, 15) is 0 Å². The minimum Gasteiger partial charge on any atom is -0.486 e. The molecular weight excluding hydrogens is 228 g/mol. The van der Waals surface area contributed by atoms with Crippen LogP contribution in [0.25, 0.3) is 0 Å². The summed E-state index contributed by atoms with van der Waals surface area (Å²) in [6.45, 7) is 6.00. The molecule has 1 spiro atoms. The molecule has 0 unspecified atom stereocenters.